The van der Waals surface area contributed by atoms with Crippen LogP contribution < -0.4 is 5.32 Å². The molecule has 0 aliphatic carbocycles. The molecule has 124 valence electrons. The molecule has 1 rings (SSSR count). The quantitative estimate of drug-likeness (QED) is 0.335. The van der Waals surface area contributed by atoms with E-state index in [9.17, 15) is 4.79 Å². The fourth-order valence-corrected chi connectivity index (χ4v) is 2.48. The van der Waals surface area contributed by atoms with Crippen LogP contribution in [0.3, 0.4) is 0 Å². The summed E-state index contributed by atoms with van der Waals surface area (Å²) in [7, 11) is 3.24. The molecule has 6 heteroatoms. The lowest BCUT2D eigenvalue weighted by Crippen LogP contribution is -2.41. The number of ether oxygens (including phenoxy) is 1. The van der Waals surface area contributed by atoms with Crippen molar-refractivity contribution in [3.8, 4) is 0 Å². The lowest BCUT2D eigenvalue weighted by atomic mass is 9.92. The zero-order valence-electron chi connectivity index (χ0n) is 14.1. The van der Waals surface area contributed by atoms with E-state index in [0.29, 0.717) is 17.9 Å². The van der Waals surface area contributed by atoms with Gasteiger partial charge in [0.25, 0.3) is 0 Å². The van der Waals surface area contributed by atoms with Crippen molar-refractivity contribution >= 4 is 35.9 Å². The maximum Gasteiger partial charge on any atom is 0.310 e. The van der Waals surface area contributed by atoms with E-state index in [2.05, 4.69) is 42.9 Å². The summed E-state index contributed by atoms with van der Waals surface area (Å²) in [6.45, 7) is 11.2. The van der Waals surface area contributed by atoms with Crippen LogP contribution in [-0.4, -0.2) is 50.6 Å². The summed E-state index contributed by atoms with van der Waals surface area (Å²) in [6, 6.07) is 0. The minimum Gasteiger partial charge on any atom is -0.469 e. The number of carbonyl (C=O) groups excluding carboxylic acids is 1. The third-order valence-electron chi connectivity index (χ3n) is 3.79. The first-order chi connectivity index (χ1) is 9.28. The normalized spacial score (nSPS) is 22.8. The highest BCUT2D eigenvalue weighted by atomic mass is 127. The molecule has 21 heavy (non-hydrogen) atoms. The van der Waals surface area contributed by atoms with Crippen molar-refractivity contribution in [2.24, 2.45) is 22.2 Å². The van der Waals surface area contributed by atoms with Gasteiger partial charge in [-0.2, -0.15) is 0 Å². The van der Waals surface area contributed by atoms with Crippen LogP contribution in [0.1, 0.15) is 34.1 Å². The molecule has 2 unspecified atom stereocenters. The Bertz CT molecular complexity index is 366. The first-order valence-electron chi connectivity index (χ1n) is 7.32. The van der Waals surface area contributed by atoms with E-state index in [1.165, 1.54) is 7.11 Å². The molecule has 1 aliphatic rings. The van der Waals surface area contributed by atoms with Crippen LogP contribution in [0.15, 0.2) is 4.99 Å². The molecule has 1 fully saturated rings. The summed E-state index contributed by atoms with van der Waals surface area (Å²) in [5, 5.41) is 3.39. The molecule has 0 saturated carbocycles. The van der Waals surface area contributed by atoms with Gasteiger partial charge in [-0.05, 0) is 17.8 Å². The first-order valence-corrected chi connectivity index (χ1v) is 7.32. The summed E-state index contributed by atoms with van der Waals surface area (Å²) in [6.07, 6.45) is 1.08. The maximum absolute atomic E-state index is 11.7. The Morgan fingerprint density at radius 2 is 2.00 bits per heavy atom. The van der Waals surface area contributed by atoms with E-state index in [1.54, 1.807) is 7.05 Å². The van der Waals surface area contributed by atoms with Gasteiger partial charge >= 0.3 is 5.97 Å². The zero-order chi connectivity index (χ0) is 15.3. The van der Waals surface area contributed by atoms with Gasteiger partial charge in [0.15, 0.2) is 5.96 Å². The van der Waals surface area contributed by atoms with Gasteiger partial charge < -0.3 is 15.0 Å². The summed E-state index contributed by atoms with van der Waals surface area (Å²) >= 11 is 0. The monoisotopic (exact) mass is 411 g/mol. The van der Waals surface area contributed by atoms with Crippen LogP contribution in [0.25, 0.3) is 0 Å². The number of methoxy groups -OCH3 is 1. The van der Waals surface area contributed by atoms with Crippen molar-refractivity contribution in [2.45, 2.75) is 34.1 Å². The summed E-state index contributed by atoms with van der Waals surface area (Å²) in [4.78, 5) is 18.2. The number of halogens is 1. The molecule has 0 aromatic heterocycles. The van der Waals surface area contributed by atoms with Crippen molar-refractivity contribution < 1.29 is 9.53 Å². The van der Waals surface area contributed by atoms with Crippen LogP contribution in [0, 0.1) is 17.3 Å². The third kappa shape index (κ3) is 6.40. The van der Waals surface area contributed by atoms with Crippen molar-refractivity contribution in [3.63, 3.8) is 0 Å². The predicted molar refractivity (Wildman–Crippen MR) is 97.1 cm³/mol. The smallest absolute Gasteiger partial charge is 0.310 e. The van der Waals surface area contributed by atoms with Gasteiger partial charge in [0, 0.05) is 26.7 Å². The lowest BCUT2D eigenvalue weighted by Gasteiger charge is -2.24. The van der Waals surface area contributed by atoms with E-state index < -0.39 is 0 Å². The highest BCUT2D eigenvalue weighted by molar-refractivity contribution is 14.0. The number of nitrogens with one attached hydrogen (secondary N) is 1. The lowest BCUT2D eigenvalue weighted by molar-refractivity contribution is -0.145. The molecule has 5 nitrogen and oxygen atoms in total. The molecule has 0 aromatic rings. The number of hydrogen-bond donors (Lipinski definition) is 1. The topological polar surface area (TPSA) is 53.9 Å². The zero-order valence-corrected chi connectivity index (χ0v) is 16.4. The third-order valence-corrected chi connectivity index (χ3v) is 3.79. The van der Waals surface area contributed by atoms with E-state index in [0.717, 1.165) is 25.5 Å². The number of esters is 1. The average molecular weight is 411 g/mol. The van der Waals surface area contributed by atoms with Gasteiger partial charge in [0.2, 0.25) is 0 Å². The van der Waals surface area contributed by atoms with Gasteiger partial charge in [-0.15, -0.1) is 24.0 Å². The van der Waals surface area contributed by atoms with Crippen molar-refractivity contribution in [1.29, 1.82) is 0 Å². The number of rotatable bonds is 3. The van der Waals surface area contributed by atoms with Gasteiger partial charge in [0.1, 0.15) is 0 Å². The molecule has 0 bridgehead atoms. The highest BCUT2D eigenvalue weighted by Crippen LogP contribution is 2.24. The fraction of sp³-hybridized carbons (Fsp3) is 0.867. The second-order valence-electron chi connectivity index (χ2n) is 6.80. The Morgan fingerprint density at radius 3 is 2.48 bits per heavy atom. The SMILES string of the molecule is CN=C(NCCC(C)(C)C)N1CC(C)C(C(=O)OC)C1.I. The number of carbonyl (C=O) groups is 1. The number of guanidine groups is 1. The number of likely N-dealkylation sites (tertiary alicyclic amines) is 1. The highest BCUT2D eigenvalue weighted by Gasteiger charge is 2.36. The van der Waals surface area contributed by atoms with Crippen LogP contribution >= 0.6 is 24.0 Å². The number of aliphatic imine (C=N–C) groups is 1. The summed E-state index contributed by atoms with van der Waals surface area (Å²) < 4.78 is 4.87. The maximum atomic E-state index is 11.7. The Kier molecular flexibility index (Phi) is 8.58. The Labute approximate surface area is 145 Å². The van der Waals surface area contributed by atoms with Crippen molar-refractivity contribution in [2.75, 3.05) is 33.8 Å². The molecule has 0 spiro atoms. The van der Waals surface area contributed by atoms with Gasteiger partial charge in [-0.25, -0.2) is 0 Å². The molecule has 0 aromatic carbocycles. The Balaban J connectivity index is 0.00000400. The van der Waals surface area contributed by atoms with Crippen LogP contribution in [-0.2, 0) is 9.53 Å². The molecule has 0 amide bonds. The van der Waals surface area contributed by atoms with Gasteiger partial charge in [-0.1, -0.05) is 27.7 Å². The Morgan fingerprint density at radius 1 is 1.38 bits per heavy atom. The summed E-state index contributed by atoms with van der Waals surface area (Å²) in [5.74, 6) is 1.00. The minimum absolute atomic E-state index is 0. The molecule has 1 heterocycles. The molecule has 1 saturated heterocycles. The van der Waals surface area contributed by atoms with Crippen LogP contribution in [0.5, 0.6) is 0 Å². The first kappa shape index (κ1) is 20.5. The predicted octanol–water partition coefficient (Wildman–Crippen LogP) is 2.36. The second kappa shape index (κ2) is 8.80. The van der Waals surface area contributed by atoms with Crippen molar-refractivity contribution in [3.05, 3.63) is 0 Å². The van der Waals surface area contributed by atoms with Crippen molar-refractivity contribution in [1.82, 2.24) is 10.2 Å². The molecule has 2 atom stereocenters. The van der Waals surface area contributed by atoms with E-state index in [-0.39, 0.29) is 35.9 Å². The van der Waals surface area contributed by atoms with Gasteiger partial charge in [-0.3, -0.25) is 9.79 Å². The number of nitrogens with zero attached hydrogens (tertiary/aromatic N) is 2. The van der Waals surface area contributed by atoms with E-state index >= 15 is 0 Å². The number of hydrogen-bond acceptors (Lipinski definition) is 3. The van der Waals surface area contributed by atoms with E-state index in [4.69, 9.17) is 4.74 Å². The minimum atomic E-state index is -0.120. The van der Waals surface area contributed by atoms with E-state index in [1.807, 2.05) is 0 Å². The van der Waals surface area contributed by atoms with Gasteiger partial charge in [0.05, 0.1) is 13.0 Å². The standard InChI is InChI=1S/C15H29N3O2.HI/c1-11-9-18(10-12(11)13(19)20-6)14(16-5)17-8-7-15(2,3)4;/h11-12H,7-10H2,1-6H3,(H,16,17);1H. The molecule has 0 radical (unpaired) electrons. The largest absolute Gasteiger partial charge is 0.469 e. The molecular formula is C15H30IN3O2. The molecule has 1 aliphatic heterocycles. The molecular weight excluding hydrogens is 381 g/mol. The molecule has 1 N–H and O–H groups in total. The second-order valence-corrected chi connectivity index (χ2v) is 6.80. The summed E-state index contributed by atoms with van der Waals surface area (Å²) in [5.41, 5.74) is 0.304. The average Bonchev–Trinajstić information content (AvgIpc) is 2.74. The van der Waals surface area contributed by atoms with Crippen LogP contribution in [0.2, 0.25) is 0 Å². The van der Waals surface area contributed by atoms with Crippen LogP contribution in [0.4, 0.5) is 0 Å². The fourth-order valence-electron chi connectivity index (χ4n) is 2.48. The Hall–Kier alpha value is -0.530.